The molecule has 0 bridgehead atoms. The lowest BCUT2D eigenvalue weighted by atomic mass is 9.67. The molecule has 0 fully saturated rings. The van der Waals surface area contributed by atoms with E-state index in [-0.39, 0.29) is 0 Å². The van der Waals surface area contributed by atoms with Crippen LogP contribution in [0.2, 0.25) is 0 Å². The Morgan fingerprint density at radius 1 is 0.309 bits per heavy atom. The van der Waals surface area contributed by atoms with Gasteiger partial charge in [0.05, 0.1) is 28.2 Å². The van der Waals surface area contributed by atoms with Gasteiger partial charge in [-0.25, -0.2) is 9.97 Å². The van der Waals surface area contributed by atoms with Gasteiger partial charge in [0, 0.05) is 51.0 Å². The predicted molar refractivity (Wildman–Crippen MR) is 275 cm³/mol. The Balaban J connectivity index is 1.01. The highest BCUT2D eigenvalue weighted by atomic mass is 16.3. The summed E-state index contributed by atoms with van der Waals surface area (Å²) in [5.41, 5.74) is 18.9. The van der Waals surface area contributed by atoms with Crippen molar-refractivity contribution in [1.29, 1.82) is 0 Å². The first kappa shape index (κ1) is 39.3. The number of para-hydroxylation sites is 1. The van der Waals surface area contributed by atoms with Crippen molar-refractivity contribution in [3.05, 3.63) is 265 Å². The van der Waals surface area contributed by atoms with E-state index < -0.39 is 5.41 Å². The van der Waals surface area contributed by atoms with E-state index >= 15 is 0 Å². The third kappa shape index (κ3) is 6.55. The fraction of sp³-hybridized carbons (Fsp3) is 0.0159. The summed E-state index contributed by atoms with van der Waals surface area (Å²) < 4.78 is 6.16. The molecule has 5 heteroatoms. The van der Waals surface area contributed by atoms with Crippen LogP contribution in [0.15, 0.2) is 247 Å². The molecule has 5 nitrogen and oxygen atoms in total. The van der Waals surface area contributed by atoms with Gasteiger partial charge in [-0.1, -0.05) is 158 Å². The van der Waals surface area contributed by atoms with E-state index in [0.717, 1.165) is 83.7 Å². The van der Waals surface area contributed by atoms with E-state index in [9.17, 15) is 0 Å². The topological polar surface area (TPSA) is 64.7 Å². The number of nitrogens with zero attached hydrogens (tertiary/aromatic N) is 4. The largest absolute Gasteiger partial charge is 0.456 e. The Labute approximate surface area is 393 Å². The number of hydrogen-bond acceptors (Lipinski definition) is 5. The van der Waals surface area contributed by atoms with E-state index in [1.165, 1.54) is 33.4 Å². The van der Waals surface area contributed by atoms with Crippen LogP contribution >= 0.6 is 0 Å². The molecule has 0 saturated carbocycles. The van der Waals surface area contributed by atoms with Crippen LogP contribution < -0.4 is 0 Å². The predicted octanol–water partition coefficient (Wildman–Crippen LogP) is 15.5. The van der Waals surface area contributed by atoms with Gasteiger partial charge in [0.2, 0.25) is 0 Å². The molecule has 0 saturated heterocycles. The fourth-order valence-electron chi connectivity index (χ4n) is 10.3. The third-order valence-corrected chi connectivity index (χ3v) is 13.5. The molecule has 68 heavy (non-hydrogen) atoms. The van der Waals surface area contributed by atoms with Gasteiger partial charge in [-0.3, -0.25) is 9.97 Å². The lowest BCUT2D eigenvalue weighted by Gasteiger charge is -2.34. The third-order valence-electron chi connectivity index (χ3n) is 13.5. The summed E-state index contributed by atoms with van der Waals surface area (Å²) >= 11 is 0. The second kappa shape index (κ2) is 16.1. The summed E-state index contributed by atoms with van der Waals surface area (Å²) in [5, 5.41) is 2.21. The van der Waals surface area contributed by atoms with Gasteiger partial charge in [-0.2, -0.15) is 0 Å². The van der Waals surface area contributed by atoms with Gasteiger partial charge in [-0.15, -0.1) is 0 Å². The van der Waals surface area contributed by atoms with Crippen LogP contribution in [0.4, 0.5) is 0 Å². The van der Waals surface area contributed by atoms with E-state index in [1.807, 2.05) is 60.9 Å². The van der Waals surface area contributed by atoms with E-state index in [0.29, 0.717) is 5.82 Å². The smallest absolute Gasteiger partial charge is 0.160 e. The maximum Gasteiger partial charge on any atom is 0.160 e. The summed E-state index contributed by atoms with van der Waals surface area (Å²) in [7, 11) is 0. The molecular weight excluding hydrogens is 829 g/mol. The molecule has 0 spiro atoms. The zero-order chi connectivity index (χ0) is 45.0. The van der Waals surface area contributed by atoms with Crippen LogP contribution in [-0.4, -0.2) is 19.9 Å². The molecule has 8 aromatic carbocycles. The zero-order valence-corrected chi connectivity index (χ0v) is 36.8. The summed E-state index contributed by atoms with van der Waals surface area (Å²) in [6, 6.07) is 81.5. The van der Waals surface area contributed by atoms with Crippen molar-refractivity contribution in [2.45, 2.75) is 5.41 Å². The molecule has 0 aliphatic heterocycles. The highest BCUT2D eigenvalue weighted by Gasteiger charge is 2.46. The monoisotopic (exact) mass is 868 g/mol. The molecule has 1 aliphatic rings. The summed E-state index contributed by atoms with van der Waals surface area (Å²) in [6.45, 7) is 0. The summed E-state index contributed by atoms with van der Waals surface area (Å²) in [6.07, 6.45) is 3.65. The Morgan fingerprint density at radius 3 is 1.54 bits per heavy atom. The fourth-order valence-corrected chi connectivity index (χ4v) is 10.3. The Morgan fingerprint density at radius 2 is 0.853 bits per heavy atom. The molecule has 1 aliphatic carbocycles. The van der Waals surface area contributed by atoms with Gasteiger partial charge in [0.1, 0.15) is 11.2 Å². The van der Waals surface area contributed by atoms with Gasteiger partial charge in [0.25, 0.3) is 0 Å². The Hall–Kier alpha value is -9.06. The van der Waals surface area contributed by atoms with E-state index in [4.69, 9.17) is 24.4 Å². The maximum atomic E-state index is 6.16. The maximum absolute atomic E-state index is 6.16. The Bertz CT molecular complexity index is 3730. The average molecular weight is 869 g/mol. The molecule has 4 heterocycles. The van der Waals surface area contributed by atoms with Crippen molar-refractivity contribution >= 4 is 21.9 Å². The van der Waals surface area contributed by atoms with E-state index in [2.05, 4.69) is 182 Å². The molecule has 318 valence electrons. The lowest BCUT2D eigenvalue weighted by molar-refractivity contribution is 0.669. The SMILES string of the molecule is c1ccc(C2(c3ccccc3)c3ccccc3-c3ccc(-c4cc(-c5ccc(-c6ccc7oc8ccccc8c7c6)cc5)nc(-c5cc(-c6ccccn6)cc(-c6ccccn6)c5)n4)cc32)cc1. The number of hydrogen-bond donors (Lipinski definition) is 0. The molecule has 13 rings (SSSR count). The second-order valence-corrected chi connectivity index (χ2v) is 17.4. The van der Waals surface area contributed by atoms with Gasteiger partial charge >= 0.3 is 0 Å². The molecule has 0 radical (unpaired) electrons. The standard InChI is InChI=1S/C63H40N4O/c1-3-15-48(16-4-1)63(49-17-5-2-6-18-49)54-21-9-7-19-50(54)51-31-29-44(39-55(51)63)59-40-58(42-27-25-41(26-28-42)43-30-32-61-53(38-43)52-20-8-10-24-60(52)68-61)66-62(67-59)47-36-45(56-22-11-13-33-64-56)35-46(37-47)57-23-12-14-34-65-57/h1-40H. The van der Waals surface area contributed by atoms with Crippen molar-refractivity contribution < 1.29 is 4.42 Å². The first-order valence-corrected chi connectivity index (χ1v) is 22.9. The molecule has 4 aromatic heterocycles. The summed E-state index contributed by atoms with van der Waals surface area (Å²) in [4.78, 5) is 20.4. The minimum Gasteiger partial charge on any atom is -0.456 e. The van der Waals surface area contributed by atoms with Crippen LogP contribution in [0.1, 0.15) is 22.3 Å². The Kier molecular flexibility index (Phi) is 9.32. The van der Waals surface area contributed by atoms with Crippen LogP contribution in [0.3, 0.4) is 0 Å². The molecular formula is C63H40N4O. The van der Waals surface area contributed by atoms with E-state index in [1.54, 1.807) is 0 Å². The average Bonchev–Trinajstić information content (AvgIpc) is 3.95. The number of furan rings is 1. The van der Waals surface area contributed by atoms with Crippen molar-refractivity contribution in [3.63, 3.8) is 0 Å². The van der Waals surface area contributed by atoms with Gasteiger partial charge < -0.3 is 4.42 Å². The van der Waals surface area contributed by atoms with Crippen LogP contribution in [-0.2, 0) is 5.41 Å². The number of pyridine rings is 2. The minimum atomic E-state index is -0.556. The highest BCUT2D eigenvalue weighted by molar-refractivity contribution is 6.06. The first-order chi connectivity index (χ1) is 33.7. The summed E-state index contributed by atoms with van der Waals surface area (Å²) in [5.74, 6) is 0.606. The quantitative estimate of drug-likeness (QED) is 0.152. The van der Waals surface area contributed by atoms with Crippen molar-refractivity contribution in [1.82, 2.24) is 19.9 Å². The zero-order valence-electron chi connectivity index (χ0n) is 36.8. The van der Waals surface area contributed by atoms with Crippen LogP contribution in [0.5, 0.6) is 0 Å². The second-order valence-electron chi connectivity index (χ2n) is 17.4. The molecule has 0 atom stereocenters. The molecule has 0 N–H and O–H groups in total. The molecule has 0 amide bonds. The molecule has 12 aromatic rings. The normalized spacial score (nSPS) is 12.5. The van der Waals surface area contributed by atoms with Crippen LogP contribution in [0.25, 0.3) is 101 Å². The lowest BCUT2D eigenvalue weighted by Crippen LogP contribution is -2.28. The van der Waals surface area contributed by atoms with Crippen molar-refractivity contribution in [2.24, 2.45) is 0 Å². The number of fused-ring (bicyclic) bond motifs is 6. The number of rotatable bonds is 8. The van der Waals surface area contributed by atoms with Crippen LogP contribution in [0, 0.1) is 0 Å². The minimum absolute atomic E-state index is 0.556. The van der Waals surface area contributed by atoms with Gasteiger partial charge in [0.15, 0.2) is 5.82 Å². The number of aromatic nitrogens is 4. The number of benzene rings is 8. The first-order valence-electron chi connectivity index (χ1n) is 22.9. The molecule has 0 unspecified atom stereocenters. The van der Waals surface area contributed by atoms with Crippen molar-refractivity contribution in [3.8, 4) is 78.7 Å². The van der Waals surface area contributed by atoms with Crippen molar-refractivity contribution in [2.75, 3.05) is 0 Å². The van der Waals surface area contributed by atoms with Gasteiger partial charge in [-0.05, 0) is 117 Å². The highest BCUT2D eigenvalue weighted by Crippen LogP contribution is 2.56.